The van der Waals surface area contributed by atoms with E-state index in [1.165, 1.54) is 11.3 Å². The highest BCUT2D eigenvalue weighted by Gasteiger charge is 2.13. The number of amides is 1. The van der Waals surface area contributed by atoms with Crippen molar-refractivity contribution in [2.45, 2.75) is 13.8 Å². The molecule has 0 aliphatic rings. The van der Waals surface area contributed by atoms with Crippen molar-refractivity contribution in [3.63, 3.8) is 0 Å². The Hall–Kier alpha value is -1.66. The average molecular weight is 368 g/mol. The fourth-order valence-electron chi connectivity index (χ4n) is 1.77. The highest BCUT2D eigenvalue weighted by Crippen LogP contribution is 2.22. The van der Waals surface area contributed by atoms with Gasteiger partial charge in [-0.25, -0.2) is 4.79 Å². The van der Waals surface area contributed by atoms with Gasteiger partial charge < -0.3 is 10.1 Å². The molecule has 0 spiro atoms. The summed E-state index contributed by atoms with van der Waals surface area (Å²) in [7, 11) is 0. The number of rotatable bonds is 4. The number of carbonyl (C=O) groups excluding carboxylic acids is 2. The van der Waals surface area contributed by atoms with Crippen LogP contribution in [0.3, 0.4) is 0 Å². The smallest absolute Gasteiger partial charge is 0.348 e. The van der Waals surface area contributed by atoms with E-state index in [-0.39, 0.29) is 12.5 Å². The summed E-state index contributed by atoms with van der Waals surface area (Å²) in [5.41, 5.74) is 2.82. The summed E-state index contributed by atoms with van der Waals surface area (Å²) in [4.78, 5) is 24.0. The van der Waals surface area contributed by atoms with Gasteiger partial charge in [-0.1, -0.05) is 17.7 Å². The summed E-state index contributed by atoms with van der Waals surface area (Å²) in [5.74, 6) is -0.854. The third kappa shape index (κ3) is 4.41. The van der Waals surface area contributed by atoms with Gasteiger partial charge in [-0.2, -0.15) is 0 Å². The minimum absolute atomic E-state index is 0.304. The van der Waals surface area contributed by atoms with E-state index in [0.717, 1.165) is 20.6 Å². The second kappa shape index (κ2) is 6.87. The molecule has 1 N–H and O–H groups in total. The lowest BCUT2D eigenvalue weighted by Crippen LogP contribution is -2.21. The maximum absolute atomic E-state index is 11.8. The van der Waals surface area contributed by atoms with Crippen molar-refractivity contribution < 1.29 is 14.3 Å². The number of thiophene rings is 1. The quantitative estimate of drug-likeness (QED) is 0.833. The Bertz CT molecular complexity index is 681. The second-order valence-corrected chi connectivity index (χ2v) is 7.01. The van der Waals surface area contributed by atoms with Gasteiger partial charge in [0.2, 0.25) is 0 Å². The van der Waals surface area contributed by atoms with Crippen LogP contribution in [-0.4, -0.2) is 18.5 Å². The van der Waals surface area contributed by atoms with Gasteiger partial charge in [0.25, 0.3) is 5.91 Å². The highest BCUT2D eigenvalue weighted by atomic mass is 79.9. The summed E-state index contributed by atoms with van der Waals surface area (Å²) in [5, 5.41) is 2.73. The number of ether oxygens (including phenoxy) is 1. The topological polar surface area (TPSA) is 55.4 Å². The van der Waals surface area contributed by atoms with Crippen LogP contribution >= 0.6 is 27.3 Å². The molecule has 1 aromatic carbocycles. The Balaban J connectivity index is 1.89. The first-order chi connectivity index (χ1) is 9.95. The Labute approximate surface area is 135 Å². The lowest BCUT2D eigenvalue weighted by Gasteiger charge is -2.09. The Morgan fingerprint density at radius 1 is 1.24 bits per heavy atom. The van der Waals surface area contributed by atoms with Crippen LogP contribution in [-0.2, 0) is 9.53 Å². The first-order valence-electron chi connectivity index (χ1n) is 6.25. The lowest BCUT2D eigenvalue weighted by atomic mass is 10.1. The Kier molecular flexibility index (Phi) is 5.14. The minimum atomic E-state index is -0.499. The highest BCUT2D eigenvalue weighted by molar-refractivity contribution is 9.11. The number of hydrogen-bond acceptors (Lipinski definition) is 4. The molecule has 0 aliphatic carbocycles. The first kappa shape index (κ1) is 15.7. The van der Waals surface area contributed by atoms with E-state index >= 15 is 0 Å². The number of aryl methyl sites for hydroxylation is 2. The molecule has 2 rings (SSSR count). The standard InChI is InChI=1S/C15H14BrNO3S/c1-9-3-4-11(10(2)7-9)17-14(18)8-20-15(19)12-5-6-13(16)21-12/h3-7H,8H2,1-2H3,(H,17,18). The van der Waals surface area contributed by atoms with Gasteiger partial charge in [-0.3, -0.25) is 4.79 Å². The van der Waals surface area contributed by atoms with Gasteiger partial charge in [0.05, 0.1) is 3.79 Å². The second-order valence-electron chi connectivity index (χ2n) is 4.55. The van der Waals surface area contributed by atoms with Crippen LogP contribution in [0.2, 0.25) is 0 Å². The molecule has 0 atom stereocenters. The fourth-order valence-corrected chi connectivity index (χ4v) is 3.05. The molecule has 0 aliphatic heterocycles. The van der Waals surface area contributed by atoms with Crippen LogP contribution in [0.1, 0.15) is 20.8 Å². The Morgan fingerprint density at radius 3 is 2.62 bits per heavy atom. The number of anilines is 1. The summed E-state index contributed by atoms with van der Waals surface area (Å²) < 4.78 is 5.82. The third-order valence-corrected chi connectivity index (χ3v) is 4.37. The zero-order chi connectivity index (χ0) is 15.4. The number of esters is 1. The van der Waals surface area contributed by atoms with E-state index in [4.69, 9.17) is 4.74 Å². The predicted octanol–water partition coefficient (Wildman–Crippen LogP) is 3.92. The van der Waals surface area contributed by atoms with Crippen LogP contribution in [0.5, 0.6) is 0 Å². The maximum Gasteiger partial charge on any atom is 0.348 e. The van der Waals surface area contributed by atoms with Gasteiger partial charge in [-0.05, 0) is 53.5 Å². The molecule has 21 heavy (non-hydrogen) atoms. The molecule has 0 saturated heterocycles. The van der Waals surface area contributed by atoms with Crippen LogP contribution in [0.4, 0.5) is 5.69 Å². The molecular weight excluding hydrogens is 354 g/mol. The van der Waals surface area contributed by atoms with E-state index < -0.39 is 5.97 Å². The van der Waals surface area contributed by atoms with Crippen LogP contribution in [0, 0.1) is 13.8 Å². The van der Waals surface area contributed by atoms with Crippen molar-refractivity contribution in [2.24, 2.45) is 0 Å². The molecule has 0 unspecified atom stereocenters. The number of benzene rings is 1. The van der Waals surface area contributed by atoms with Gasteiger partial charge in [0.15, 0.2) is 6.61 Å². The molecule has 1 amide bonds. The molecule has 1 aromatic heterocycles. The van der Waals surface area contributed by atoms with Crippen LogP contribution in [0.25, 0.3) is 0 Å². The van der Waals surface area contributed by atoms with Gasteiger partial charge in [0, 0.05) is 5.69 Å². The fraction of sp³-hybridized carbons (Fsp3) is 0.200. The summed E-state index contributed by atoms with van der Waals surface area (Å²) >= 11 is 4.54. The molecule has 1 heterocycles. The van der Waals surface area contributed by atoms with E-state index in [1.807, 2.05) is 32.0 Å². The number of halogens is 1. The van der Waals surface area contributed by atoms with E-state index in [2.05, 4.69) is 21.2 Å². The first-order valence-corrected chi connectivity index (χ1v) is 7.86. The van der Waals surface area contributed by atoms with Gasteiger partial charge in [0.1, 0.15) is 4.88 Å². The zero-order valence-electron chi connectivity index (χ0n) is 11.6. The number of carbonyl (C=O) groups is 2. The van der Waals surface area contributed by atoms with E-state index in [1.54, 1.807) is 12.1 Å². The lowest BCUT2D eigenvalue weighted by molar-refractivity contribution is -0.119. The summed E-state index contributed by atoms with van der Waals surface area (Å²) in [6.07, 6.45) is 0. The van der Waals surface area contributed by atoms with Crippen LogP contribution in [0.15, 0.2) is 34.1 Å². The van der Waals surface area contributed by atoms with Crippen molar-refractivity contribution in [1.29, 1.82) is 0 Å². The molecule has 0 saturated carbocycles. The van der Waals surface area contributed by atoms with Crippen molar-refractivity contribution in [3.05, 3.63) is 50.1 Å². The third-order valence-electron chi connectivity index (χ3n) is 2.76. The SMILES string of the molecule is Cc1ccc(NC(=O)COC(=O)c2ccc(Br)s2)c(C)c1. The van der Waals surface area contributed by atoms with Gasteiger partial charge in [-0.15, -0.1) is 11.3 Å². The van der Waals surface area contributed by atoms with Crippen molar-refractivity contribution in [1.82, 2.24) is 0 Å². The van der Waals surface area contributed by atoms with E-state index in [0.29, 0.717) is 4.88 Å². The van der Waals surface area contributed by atoms with Crippen molar-refractivity contribution in [2.75, 3.05) is 11.9 Å². The molecular formula is C15H14BrNO3S. The largest absolute Gasteiger partial charge is 0.451 e. The van der Waals surface area contributed by atoms with E-state index in [9.17, 15) is 9.59 Å². The monoisotopic (exact) mass is 367 g/mol. The molecule has 2 aromatic rings. The normalized spacial score (nSPS) is 10.2. The van der Waals surface area contributed by atoms with Gasteiger partial charge >= 0.3 is 5.97 Å². The molecule has 4 nitrogen and oxygen atoms in total. The molecule has 110 valence electrons. The average Bonchev–Trinajstić information content (AvgIpc) is 2.86. The van der Waals surface area contributed by atoms with Crippen molar-refractivity contribution in [3.8, 4) is 0 Å². The number of hydrogen-bond donors (Lipinski definition) is 1. The summed E-state index contributed by atoms with van der Waals surface area (Å²) in [6.45, 7) is 3.60. The molecule has 0 bridgehead atoms. The number of nitrogens with one attached hydrogen (secondary N) is 1. The minimum Gasteiger partial charge on any atom is -0.451 e. The maximum atomic E-state index is 11.8. The zero-order valence-corrected chi connectivity index (χ0v) is 14.0. The van der Waals surface area contributed by atoms with Crippen LogP contribution < -0.4 is 5.32 Å². The summed E-state index contributed by atoms with van der Waals surface area (Å²) in [6, 6.07) is 9.14. The molecule has 6 heteroatoms. The Morgan fingerprint density at radius 2 is 2.00 bits per heavy atom. The molecule has 0 fully saturated rings. The molecule has 0 radical (unpaired) electrons. The predicted molar refractivity (Wildman–Crippen MR) is 86.8 cm³/mol. The van der Waals surface area contributed by atoms with Crippen molar-refractivity contribution >= 4 is 44.8 Å².